The van der Waals surface area contributed by atoms with E-state index in [2.05, 4.69) is 24.2 Å². The van der Waals surface area contributed by atoms with E-state index in [1.807, 2.05) is 64.6 Å². The number of rotatable bonds is 11. The Labute approximate surface area is 252 Å². The molecule has 0 amide bonds. The quantitative estimate of drug-likeness (QED) is 0.185. The smallest absolute Gasteiger partial charge is 0.557 e. The van der Waals surface area contributed by atoms with Crippen molar-refractivity contribution in [2.45, 2.75) is 70.6 Å². The van der Waals surface area contributed by atoms with Crippen LogP contribution in [0.2, 0.25) is 0 Å². The van der Waals surface area contributed by atoms with Gasteiger partial charge in [0.05, 0.1) is 12.4 Å². The van der Waals surface area contributed by atoms with Crippen molar-refractivity contribution in [1.29, 1.82) is 0 Å². The second-order valence-corrected chi connectivity index (χ2v) is 8.19. The summed E-state index contributed by atoms with van der Waals surface area (Å²) in [5.74, 6) is 2.25. The maximum Gasteiger partial charge on any atom is 1.00 e. The summed E-state index contributed by atoms with van der Waals surface area (Å²) in [6.45, 7) is 15.3. The van der Waals surface area contributed by atoms with Gasteiger partial charge in [-0.05, 0) is 69.2 Å². The molecule has 1 N–H and O–H groups in total. The van der Waals surface area contributed by atoms with E-state index in [4.69, 9.17) is 14.3 Å². The first-order valence-corrected chi connectivity index (χ1v) is 12.5. The molecule has 1 fully saturated rings. The van der Waals surface area contributed by atoms with Gasteiger partial charge in [0.1, 0.15) is 23.4 Å². The molecule has 2 aromatic carbocycles. The van der Waals surface area contributed by atoms with Crippen LogP contribution in [0.25, 0.3) is 5.48 Å². The Balaban J connectivity index is 0.00000207. The fourth-order valence-corrected chi connectivity index (χ4v) is 3.48. The summed E-state index contributed by atoms with van der Waals surface area (Å²) in [5, 5.41) is 10.0. The topological polar surface area (TPSA) is 62.0 Å². The molecule has 0 heterocycles. The Hall–Kier alpha value is -0.934. The van der Waals surface area contributed by atoms with E-state index in [0.717, 1.165) is 11.0 Å². The Morgan fingerprint density at radius 1 is 1.09 bits per heavy atom. The molecule has 1 unspecified atom stereocenters. The summed E-state index contributed by atoms with van der Waals surface area (Å²) in [7, 11) is 0. The van der Waals surface area contributed by atoms with Gasteiger partial charge in [-0.2, -0.15) is 0 Å². The monoisotopic (exact) mass is 511 g/mol. The number of hydrogen-bond donors (Lipinski definition) is 1. The first-order valence-electron chi connectivity index (χ1n) is 11.6. The number of aliphatic hydroxyl groups is 1. The van der Waals surface area contributed by atoms with Gasteiger partial charge in [0.2, 0.25) is 0 Å². The number of benzene rings is 2. The molecule has 182 valence electrons. The van der Waals surface area contributed by atoms with Crippen molar-refractivity contribution in [1.82, 2.24) is 0 Å². The van der Waals surface area contributed by atoms with Crippen molar-refractivity contribution in [3.63, 3.8) is 0 Å². The minimum Gasteiger partial charge on any atom is -0.557 e. The molecule has 5 nitrogen and oxygen atoms in total. The predicted molar refractivity (Wildman–Crippen MR) is 140 cm³/mol. The van der Waals surface area contributed by atoms with Crippen LogP contribution in [-0.2, 0) is 4.84 Å². The Bertz CT molecular complexity index is 854. The van der Waals surface area contributed by atoms with E-state index < -0.39 is 0 Å². The molecule has 0 aromatic heterocycles. The third-order valence-corrected chi connectivity index (χ3v) is 5.32. The van der Waals surface area contributed by atoms with Gasteiger partial charge in [0, 0.05) is 16.2 Å². The van der Waals surface area contributed by atoms with Crippen molar-refractivity contribution >= 4 is 17.4 Å². The van der Waals surface area contributed by atoms with Crippen LogP contribution in [0.1, 0.15) is 54.4 Å². The zero-order valence-corrected chi connectivity index (χ0v) is 25.6. The van der Waals surface area contributed by atoms with Gasteiger partial charge in [-0.25, -0.2) is 0 Å². The maximum absolute atomic E-state index is 9.27. The largest absolute Gasteiger partial charge is 1.00 e. The van der Waals surface area contributed by atoms with Gasteiger partial charge in [0.25, 0.3) is 0 Å². The minimum absolute atomic E-state index is 0. The molecule has 3 rings (SSSR count). The van der Waals surface area contributed by atoms with E-state index in [1.165, 1.54) is 17.7 Å². The predicted octanol–water partition coefficient (Wildman–Crippen LogP) is 5.58. The molecule has 34 heavy (non-hydrogen) atoms. The van der Waals surface area contributed by atoms with Gasteiger partial charge >= 0.3 is 51.4 Å². The molecular formula is C27H38KNO4S. The maximum atomic E-state index is 9.27. The van der Waals surface area contributed by atoms with Crippen LogP contribution >= 0.6 is 11.8 Å². The fraction of sp³-hybridized carbons (Fsp3) is 0.407. The van der Waals surface area contributed by atoms with Gasteiger partial charge < -0.3 is 24.9 Å². The molecular weight excluding hydrogens is 473 g/mol. The molecule has 0 spiro atoms. The average Bonchev–Trinajstić information content (AvgIpc) is 3.66. The molecule has 1 aliphatic carbocycles. The summed E-state index contributed by atoms with van der Waals surface area (Å²) in [6, 6.07) is 13.3. The molecule has 0 saturated heterocycles. The van der Waals surface area contributed by atoms with E-state index in [1.54, 1.807) is 31.2 Å². The molecule has 1 aliphatic rings. The van der Waals surface area contributed by atoms with Crippen LogP contribution < -0.4 is 60.9 Å². The summed E-state index contributed by atoms with van der Waals surface area (Å²) < 4.78 is 11.7. The summed E-state index contributed by atoms with van der Waals surface area (Å²) in [4.78, 5) is 6.55. The fourth-order valence-electron chi connectivity index (χ4n) is 2.43. The molecule has 0 radical (unpaired) electrons. The summed E-state index contributed by atoms with van der Waals surface area (Å²) in [6.07, 6.45) is 5.79. The second kappa shape index (κ2) is 19.3. The number of thioether (sulfide) groups is 1. The minimum atomic E-state index is -0.351. The van der Waals surface area contributed by atoms with Gasteiger partial charge in [-0.1, -0.05) is 40.3 Å². The standard InChI is InChI=1S/C23H26NO4S.2C2H6.K/c1-4-5-16(2)28-24-18-12-20(26-17(3)15-25)14-21(13-18)27-19-6-8-22(9-7-19)29-23-10-11-23;2*1-2;/h4-9,12-14,17,23,25H,2,10-11,15H2,1,3H3;2*1-2H3;/q-1;;;+1/b5-4-;;;. The Morgan fingerprint density at radius 3 is 2.26 bits per heavy atom. The van der Waals surface area contributed by atoms with E-state index in [-0.39, 0.29) is 64.1 Å². The molecule has 0 bridgehead atoms. The van der Waals surface area contributed by atoms with E-state index >= 15 is 0 Å². The van der Waals surface area contributed by atoms with E-state index in [9.17, 15) is 5.11 Å². The van der Waals surface area contributed by atoms with Crippen molar-refractivity contribution < 1.29 is 70.8 Å². The Kier molecular flexibility index (Phi) is 18.7. The normalized spacial score (nSPS) is 12.7. The van der Waals surface area contributed by atoms with Crippen LogP contribution in [0.3, 0.4) is 0 Å². The number of aliphatic hydroxyl groups excluding tert-OH is 1. The van der Waals surface area contributed by atoms with Crippen molar-refractivity contribution in [3.05, 3.63) is 72.4 Å². The summed E-state index contributed by atoms with van der Waals surface area (Å²) >= 11 is 1.91. The number of allylic oxidation sites excluding steroid dienone is 2. The van der Waals surface area contributed by atoms with Crippen LogP contribution in [-0.4, -0.2) is 23.1 Å². The summed E-state index contributed by atoms with van der Waals surface area (Å²) in [5.41, 5.74) is 4.62. The van der Waals surface area contributed by atoms with Crippen molar-refractivity contribution in [2.75, 3.05) is 6.61 Å². The van der Waals surface area contributed by atoms with Crippen LogP contribution in [0.5, 0.6) is 17.2 Å². The number of hydrogen-bond acceptors (Lipinski definition) is 5. The van der Waals surface area contributed by atoms with Crippen LogP contribution in [0, 0.1) is 0 Å². The van der Waals surface area contributed by atoms with Gasteiger partial charge in [0.15, 0.2) is 0 Å². The number of ether oxygens (including phenoxy) is 2. The number of nitrogens with zero attached hydrogens (tertiary/aromatic N) is 1. The molecule has 7 heteroatoms. The van der Waals surface area contributed by atoms with Gasteiger partial charge in [-0.3, -0.25) is 0 Å². The SMILES string of the molecule is C=C(/C=C\C)O[N-]c1cc(Oc2ccc(SC3CC3)cc2)cc(OC(C)CO)c1.CC.CC.[K+]. The second-order valence-electron chi connectivity index (χ2n) is 6.81. The molecule has 1 atom stereocenters. The third-order valence-electron chi connectivity index (χ3n) is 3.97. The zero-order valence-electron chi connectivity index (χ0n) is 21.7. The van der Waals surface area contributed by atoms with Crippen LogP contribution in [0.4, 0.5) is 5.69 Å². The van der Waals surface area contributed by atoms with E-state index in [0.29, 0.717) is 22.9 Å². The van der Waals surface area contributed by atoms with Crippen molar-refractivity contribution in [3.8, 4) is 17.2 Å². The molecule has 0 aliphatic heterocycles. The first-order chi connectivity index (χ1) is 16.1. The van der Waals surface area contributed by atoms with Gasteiger partial charge in [-0.15, -0.1) is 17.4 Å². The molecule has 2 aromatic rings. The average molecular weight is 512 g/mol. The Morgan fingerprint density at radius 2 is 1.71 bits per heavy atom. The first kappa shape index (κ1) is 33.1. The zero-order chi connectivity index (χ0) is 24.6. The van der Waals surface area contributed by atoms with Crippen molar-refractivity contribution in [2.24, 2.45) is 0 Å². The molecule has 1 saturated carbocycles. The third kappa shape index (κ3) is 13.2. The van der Waals surface area contributed by atoms with Crippen LogP contribution in [0.15, 0.2) is 71.9 Å².